The van der Waals surface area contributed by atoms with E-state index < -0.39 is 0 Å². The van der Waals surface area contributed by atoms with Crippen LogP contribution in [0.4, 0.5) is 0 Å². The molecule has 0 unspecified atom stereocenters. The second-order valence-electron chi connectivity index (χ2n) is 8.62. The van der Waals surface area contributed by atoms with Gasteiger partial charge >= 0.3 is 0 Å². The van der Waals surface area contributed by atoms with Crippen molar-refractivity contribution < 1.29 is 9.47 Å². The Morgan fingerprint density at radius 1 is 0.931 bits per heavy atom. The Morgan fingerprint density at radius 3 is 2.24 bits per heavy atom. The average Bonchev–Trinajstić information content (AvgIpc) is 2.74. The Morgan fingerprint density at radius 2 is 1.59 bits per heavy atom. The highest BCUT2D eigenvalue weighted by Gasteiger charge is 2.30. The van der Waals surface area contributed by atoms with Gasteiger partial charge in [-0.2, -0.15) is 0 Å². The second-order valence-corrected chi connectivity index (χ2v) is 8.62. The molecule has 0 radical (unpaired) electrons. The van der Waals surface area contributed by atoms with Crippen molar-refractivity contribution in [2.75, 3.05) is 33.3 Å². The van der Waals surface area contributed by atoms with Gasteiger partial charge in [-0.3, -0.25) is 9.80 Å². The average molecular weight is 395 g/mol. The third-order valence-corrected chi connectivity index (χ3v) is 6.30. The zero-order valence-corrected chi connectivity index (χ0v) is 18.0. The van der Waals surface area contributed by atoms with Gasteiger partial charge in [0, 0.05) is 31.2 Å². The number of ether oxygens (including phenoxy) is 2. The molecule has 156 valence electrons. The van der Waals surface area contributed by atoms with Gasteiger partial charge in [0.05, 0.1) is 19.3 Å². The Bertz CT molecular complexity index is 774. The standard InChI is InChI=1S/C25H34N2O2/c1-19-16-27(17-20(2)29-19)23-12-14-26(15-13-23)18-21-8-10-22(11-9-21)24-6-4-5-7-25(24)28-3/h4-11,19-20,23H,12-18H2,1-3H3/t19-,20+. The summed E-state index contributed by atoms with van der Waals surface area (Å²) >= 11 is 0. The van der Waals surface area contributed by atoms with Crippen molar-refractivity contribution in [3.63, 3.8) is 0 Å². The first-order valence-corrected chi connectivity index (χ1v) is 11.0. The number of benzene rings is 2. The molecule has 0 saturated carbocycles. The van der Waals surface area contributed by atoms with E-state index in [4.69, 9.17) is 9.47 Å². The minimum atomic E-state index is 0.360. The summed E-state index contributed by atoms with van der Waals surface area (Å²) in [6.45, 7) is 9.96. The van der Waals surface area contributed by atoms with E-state index in [0.717, 1.165) is 30.9 Å². The molecule has 4 nitrogen and oxygen atoms in total. The van der Waals surface area contributed by atoms with Crippen LogP contribution in [0, 0.1) is 0 Å². The number of methoxy groups -OCH3 is 1. The molecule has 2 heterocycles. The maximum absolute atomic E-state index is 5.90. The molecule has 0 bridgehead atoms. The van der Waals surface area contributed by atoms with Crippen molar-refractivity contribution in [2.24, 2.45) is 0 Å². The number of rotatable bonds is 5. The Labute approximate surface area is 175 Å². The molecule has 2 aromatic rings. The van der Waals surface area contributed by atoms with Crippen LogP contribution in [0.25, 0.3) is 11.1 Å². The predicted octanol–water partition coefficient (Wildman–Crippen LogP) is 4.44. The highest BCUT2D eigenvalue weighted by atomic mass is 16.5. The molecule has 2 aromatic carbocycles. The van der Waals surface area contributed by atoms with E-state index in [1.807, 2.05) is 12.1 Å². The summed E-state index contributed by atoms with van der Waals surface area (Å²) < 4.78 is 11.4. The number of morpholine rings is 1. The van der Waals surface area contributed by atoms with Crippen LogP contribution in [0.1, 0.15) is 32.3 Å². The van der Waals surface area contributed by atoms with Gasteiger partial charge in [-0.15, -0.1) is 0 Å². The van der Waals surface area contributed by atoms with Crippen LogP contribution < -0.4 is 4.74 Å². The minimum Gasteiger partial charge on any atom is -0.496 e. The van der Waals surface area contributed by atoms with Crippen LogP contribution in [0.15, 0.2) is 48.5 Å². The van der Waals surface area contributed by atoms with Gasteiger partial charge in [0.1, 0.15) is 5.75 Å². The SMILES string of the molecule is COc1ccccc1-c1ccc(CN2CCC(N3C[C@@H](C)O[C@@H](C)C3)CC2)cc1. The summed E-state index contributed by atoms with van der Waals surface area (Å²) in [5, 5.41) is 0. The molecule has 2 aliphatic heterocycles. The number of piperidine rings is 1. The maximum atomic E-state index is 5.90. The first-order valence-electron chi connectivity index (χ1n) is 11.0. The third-order valence-electron chi connectivity index (χ3n) is 6.30. The van der Waals surface area contributed by atoms with E-state index in [0.29, 0.717) is 18.2 Å². The molecule has 0 aromatic heterocycles. The molecular formula is C25H34N2O2. The van der Waals surface area contributed by atoms with Crippen LogP contribution in [-0.2, 0) is 11.3 Å². The number of nitrogens with zero attached hydrogens (tertiary/aromatic N) is 2. The van der Waals surface area contributed by atoms with E-state index in [1.54, 1.807) is 7.11 Å². The molecule has 2 aliphatic rings. The van der Waals surface area contributed by atoms with Gasteiger partial charge in [0.2, 0.25) is 0 Å². The third kappa shape index (κ3) is 5.00. The fourth-order valence-corrected chi connectivity index (χ4v) is 4.89. The quantitative estimate of drug-likeness (QED) is 0.749. The Kier molecular flexibility index (Phi) is 6.53. The van der Waals surface area contributed by atoms with Gasteiger partial charge in [-0.05, 0) is 57.0 Å². The van der Waals surface area contributed by atoms with Gasteiger partial charge in [-0.25, -0.2) is 0 Å². The summed E-state index contributed by atoms with van der Waals surface area (Å²) in [5.74, 6) is 0.925. The lowest BCUT2D eigenvalue weighted by atomic mass is 10.00. The lowest BCUT2D eigenvalue weighted by Gasteiger charge is -2.43. The molecule has 2 fully saturated rings. The largest absolute Gasteiger partial charge is 0.496 e. The van der Waals surface area contributed by atoms with Crippen LogP contribution in [0.3, 0.4) is 0 Å². The minimum absolute atomic E-state index is 0.360. The molecule has 2 saturated heterocycles. The monoisotopic (exact) mass is 394 g/mol. The Balaban J connectivity index is 1.32. The van der Waals surface area contributed by atoms with Crippen LogP contribution in [-0.4, -0.2) is 61.3 Å². The van der Waals surface area contributed by atoms with Crippen LogP contribution in [0.5, 0.6) is 5.75 Å². The number of hydrogen-bond donors (Lipinski definition) is 0. The Hall–Kier alpha value is -1.88. The van der Waals surface area contributed by atoms with E-state index in [9.17, 15) is 0 Å². The zero-order valence-electron chi connectivity index (χ0n) is 18.0. The number of para-hydroxylation sites is 1. The first-order chi connectivity index (χ1) is 14.1. The maximum Gasteiger partial charge on any atom is 0.126 e. The van der Waals surface area contributed by atoms with E-state index in [2.05, 4.69) is 60.0 Å². The second kappa shape index (κ2) is 9.29. The normalized spacial score (nSPS) is 24.5. The van der Waals surface area contributed by atoms with Crippen molar-refractivity contribution in [1.29, 1.82) is 0 Å². The molecule has 4 heteroatoms. The van der Waals surface area contributed by atoms with Crippen molar-refractivity contribution in [3.05, 3.63) is 54.1 Å². The summed E-state index contributed by atoms with van der Waals surface area (Å²) in [7, 11) is 1.73. The molecule has 0 spiro atoms. The number of likely N-dealkylation sites (tertiary alicyclic amines) is 1. The molecule has 2 atom stereocenters. The van der Waals surface area contributed by atoms with Crippen molar-refractivity contribution >= 4 is 0 Å². The fourth-order valence-electron chi connectivity index (χ4n) is 4.89. The van der Waals surface area contributed by atoms with Crippen molar-refractivity contribution in [1.82, 2.24) is 9.80 Å². The number of hydrogen-bond acceptors (Lipinski definition) is 4. The van der Waals surface area contributed by atoms with E-state index >= 15 is 0 Å². The highest BCUT2D eigenvalue weighted by molar-refractivity contribution is 5.70. The van der Waals surface area contributed by atoms with Crippen LogP contribution in [0.2, 0.25) is 0 Å². The molecule has 0 N–H and O–H groups in total. The van der Waals surface area contributed by atoms with E-state index in [1.165, 1.54) is 37.1 Å². The van der Waals surface area contributed by atoms with Gasteiger partial charge in [0.25, 0.3) is 0 Å². The van der Waals surface area contributed by atoms with Crippen molar-refractivity contribution in [2.45, 2.75) is 51.5 Å². The van der Waals surface area contributed by atoms with E-state index in [-0.39, 0.29) is 0 Å². The molecule has 4 rings (SSSR count). The topological polar surface area (TPSA) is 24.9 Å². The lowest BCUT2D eigenvalue weighted by molar-refractivity contribution is -0.0865. The fraction of sp³-hybridized carbons (Fsp3) is 0.520. The zero-order chi connectivity index (χ0) is 20.2. The van der Waals surface area contributed by atoms with Crippen LogP contribution >= 0.6 is 0 Å². The highest BCUT2D eigenvalue weighted by Crippen LogP contribution is 2.30. The predicted molar refractivity (Wildman–Crippen MR) is 118 cm³/mol. The lowest BCUT2D eigenvalue weighted by Crippen LogP contribution is -2.53. The van der Waals surface area contributed by atoms with Crippen molar-refractivity contribution in [3.8, 4) is 16.9 Å². The molecule has 0 aliphatic carbocycles. The molecule has 0 amide bonds. The smallest absolute Gasteiger partial charge is 0.126 e. The summed E-state index contributed by atoms with van der Waals surface area (Å²) in [6.07, 6.45) is 3.24. The summed E-state index contributed by atoms with van der Waals surface area (Å²) in [5.41, 5.74) is 3.74. The van der Waals surface area contributed by atoms with Gasteiger partial charge in [-0.1, -0.05) is 42.5 Å². The summed E-state index contributed by atoms with van der Waals surface area (Å²) in [6, 6.07) is 17.9. The molecule has 29 heavy (non-hydrogen) atoms. The summed E-state index contributed by atoms with van der Waals surface area (Å²) in [4.78, 5) is 5.26. The van der Waals surface area contributed by atoms with Gasteiger partial charge < -0.3 is 9.47 Å². The molecular weight excluding hydrogens is 360 g/mol. The first kappa shape index (κ1) is 20.4. The van der Waals surface area contributed by atoms with Gasteiger partial charge in [0.15, 0.2) is 0 Å².